The molecule has 2 aromatic carbocycles. The number of nitrogens with one attached hydrogen (secondary N) is 1. The third-order valence-electron chi connectivity index (χ3n) is 4.14. The lowest BCUT2D eigenvalue weighted by Gasteiger charge is -2.28. The molecule has 30 heavy (non-hydrogen) atoms. The van der Waals surface area contributed by atoms with Crippen LogP contribution >= 0.6 is 0 Å². The fourth-order valence-corrected chi connectivity index (χ4v) is 3.98. The van der Waals surface area contributed by atoms with Crippen LogP contribution in [0.25, 0.3) is 0 Å². The van der Waals surface area contributed by atoms with Crippen LogP contribution in [0.15, 0.2) is 42.5 Å². The summed E-state index contributed by atoms with van der Waals surface area (Å²) < 4.78 is 36.3. The van der Waals surface area contributed by atoms with Gasteiger partial charge in [0.05, 0.1) is 36.3 Å². The summed E-state index contributed by atoms with van der Waals surface area (Å²) in [7, 11) is -2.47. The number of rotatable bonds is 9. The van der Waals surface area contributed by atoms with E-state index in [1.807, 2.05) is 6.92 Å². The molecule has 0 aromatic heterocycles. The highest BCUT2D eigenvalue weighted by molar-refractivity contribution is 7.92. The van der Waals surface area contributed by atoms with Crippen molar-refractivity contribution >= 4 is 33.0 Å². The van der Waals surface area contributed by atoms with Crippen molar-refractivity contribution in [2.75, 3.05) is 29.6 Å². The van der Waals surface area contributed by atoms with E-state index in [4.69, 9.17) is 9.47 Å². The molecule has 162 valence electrons. The zero-order chi connectivity index (χ0) is 22.5. The van der Waals surface area contributed by atoms with Crippen LogP contribution in [0.2, 0.25) is 0 Å². The number of amides is 1. The number of nitro benzene ring substituents is 1. The van der Waals surface area contributed by atoms with Gasteiger partial charge >= 0.3 is 0 Å². The molecule has 0 radical (unpaired) electrons. The molecule has 0 saturated carbocycles. The fraction of sp³-hybridized carbons (Fsp3) is 0.316. The van der Waals surface area contributed by atoms with Crippen LogP contribution in [-0.4, -0.2) is 45.3 Å². The van der Waals surface area contributed by atoms with Gasteiger partial charge in [0.2, 0.25) is 15.9 Å². The van der Waals surface area contributed by atoms with Crippen molar-refractivity contribution in [1.82, 2.24) is 0 Å². The standard InChI is InChI=1S/C19H23N3O7S/c1-5-29-16-9-6-14(7-10-16)21(30(4,26)27)13(2)19(23)20-17-12-15(22(24)25)8-11-18(17)28-3/h6-13H,5H2,1-4H3,(H,20,23). The van der Waals surface area contributed by atoms with Gasteiger partial charge in [-0.05, 0) is 44.2 Å². The number of hydrogen-bond acceptors (Lipinski definition) is 7. The number of anilines is 2. The van der Waals surface area contributed by atoms with Crippen molar-refractivity contribution in [1.29, 1.82) is 0 Å². The average Bonchev–Trinajstić information content (AvgIpc) is 2.68. The molecular weight excluding hydrogens is 414 g/mol. The Bertz CT molecular complexity index is 1020. The van der Waals surface area contributed by atoms with Gasteiger partial charge < -0.3 is 14.8 Å². The van der Waals surface area contributed by atoms with E-state index in [2.05, 4.69) is 5.32 Å². The maximum absolute atomic E-state index is 12.8. The van der Waals surface area contributed by atoms with Crippen LogP contribution in [0.4, 0.5) is 17.1 Å². The summed E-state index contributed by atoms with van der Waals surface area (Å²) in [6.07, 6.45) is 0.987. The first kappa shape index (κ1) is 22.9. The number of hydrogen-bond donors (Lipinski definition) is 1. The third-order valence-corrected chi connectivity index (χ3v) is 5.38. The molecule has 0 saturated heterocycles. The smallest absolute Gasteiger partial charge is 0.271 e. The van der Waals surface area contributed by atoms with Gasteiger partial charge in [-0.15, -0.1) is 0 Å². The van der Waals surface area contributed by atoms with E-state index in [0.717, 1.165) is 16.6 Å². The number of methoxy groups -OCH3 is 1. The van der Waals surface area contributed by atoms with Crippen molar-refractivity contribution in [3.05, 3.63) is 52.6 Å². The molecule has 10 nitrogen and oxygen atoms in total. The number of sulfonamides is 1. The van der Waals surface area contributed by atoms with Crippen molar-refractivity contribution in [3.8, 4) is 11.5 Å². The lowest BCUT2D eigenvalue weighted by Crippen LogP contribution is -2.45. The minimum atomic E-state index is -3.82. The van der Waals surface area contributed by atoms with E-state index in [-0.39, 0.29) is 22.8 Å². The van der Waals surface area contributed by atoms with Crippen LogP contribution in [0.5, 0.6) is 11.5 Å². The molecule has 0 aliphatic carbocycles. The van der Waals surface area contributed by atoms with E-state index < -0.39 is 26.9 Å². The van der Waals surface area contributed by atoms with E-state index in [1.165, 1.54) is 38.3 Å². The van der Waals surface area contributed by atoms with Gasteiger partial charge in [0.25, 0.3) is 5.69 Å². The number of non-ortho nitro benzene ring substituents is 1. The molecule has 0 aliphatic rings. The summed E-state index contributed by atoms with van der Waals surface area (Å²) in [5.41, 5.74) is 0.0866. The second-order valence-corrected chi connectivity index (χ2v) is 8.15. The van der Waals surface area contributed by atoms with Crippen LogP contribution in [0.1, 0.15) is 13.8 Å². The molecule has 1 unspecified atom stereocenters. The summed E-state index contributed by atoms with van der Waals surface area (Å²) in [4.78, 5) is 23.2. The number of nitro groups is 1. The van der Waals surface area contributed by atoms with Crippen molar-refractivity contribution in [3.63, 3.8) is 0 Å². The predicted molar refractivity (Wildman–Crippen MR) is 113 cm³/mol. The zero-order valence-electron chi connectivity index (χ0n) is 17.0. The Morgan fingerprint density at radius 1 is 1.23 bits per heavy atom. The molecule has 0 fully saturated rings. The van der Waals surface area contributed by atoms with Gasteiger partial charge in [0.1, 0.15) is 17.5 Å². The molecular formula is C19H23N3O7S. The Hall–Kier alpha value is -3.34. The molecule has 2 rings (SSSR count). The first-order valence-corrected chi connectivity index (χ1v) is 10.8. The van der Waals surface area contributed by atoms with Gasteiger partial charge in [-0.2, -0.15) is 0 Å². The highest BCUT2D eigenvalue weighted by Crippen LogP contribution is 2.30. The fourth-order valence-electron chi connectivity index (χ4n) is 2.81. The highest BCUT2D eigenvalue weighted by Gasteiger charge is 2.30. The molecule has 2 aromatic rings. The summed E-state index contributed by atoms with van der Waals surface area (Å²) in [6, 6.07) is 8.84. The summed E-state index contributed by atoms with van der Waals surface area (Å²) in [6.45, 7) is 3.70. The number of carbonyl (C=O) groups excluding carboxylic acids is 1. The number of carbonyl (C=O) groups is 1. The van der Waals surface area contributed by atoms with Gasteiger partial charge in [0.15, 0.2) is 0 Å². The number of ether oxygens (including phenoxy) is 2. The molecule has 0 heterocycles. The number of benzene rings is 2. The Morgan fingerprint density at radius 2 is 1.87 bits per heavy atom. The van der Waals surface area contributed by atoms with Crippen molar-refractivity contribution < 1.29 is 27.6 Å². The Kier molecular flexibility index (Phi) is 7.22. The average molecular weight is 437 g/mol. The topological polar surface area (TPSA) is 128 Å². The molecule has 11 heteroatoms. The minimum Gasteiger partial charge on any atom is -0.495 e. The van der Waals surface area contributed by atoms with Gasteiger partial charge in [-0.1, -0.05) is 0 Å². The van der Waals surface area contributed by atoms with E-state index in [1.54, 1.807) is 12.1 Å². The van der Waals surface area contributed by atoms with Crippen molar-refractivity contribution in [2.24, 2.45) is 0 Å². The molecule has 0 spiro atoms. The molecule has 1 amide bonds. The Morgan fingerprint density at radius 3 is 2.37 bits per heavy atom. The van der Waals surface area contributed by atoms with E-state index in [0.29, 0.717) is 12.4 Å². The van der Waals surface area contributed by atoms with Crippen molar-refractivity contribution in [2.45, 2.75) is 19.9 Å². The van der Waals surface area contributed by atoms with Gasteiger partial charge in [-0.3, -0.25) is 19.2 Å². The number of nitrogens with zero attached hydrogens (tertiary/aromatic N) is 2. The second-order valence-electron chi connectivity index (χ2n) is 6.29. The first-order chi connectivity index (χ1) is 14.1. The zero-order valence-corrected chi connectivity index (χ0v) is 17.8. The van der Waals surface area contributed by atoms with Crippen LogP contribution < -0.4 is 19.1 Å². The predicted octanol–water partition coefficient (Wildman–Crippen LogP) is 2.80. The summed E-state index contributed by atoms with van der Waals surface area (Å²) in [5, 5.41) is 13.5. The first-order valence-electron chi connectivity index (χ1n) is 8.94. The van der Waals surface area contributed by atoms with Crippen LogP contribution in [0, 0.1) is 10.1 Å². The lowest BCUT2D eigenvalue weighted by molar-refractivity contribution is -0.384. The van der Waals surface area contributed by atoms with Crippen LogP contribution in [-0.2, 0) is 14.8 Å². The quantitative estimate of drug-likeness (QED) is 0.472. The Balaban J connectivity index is 2.35. The largest absolute Gasteiger partial charge is 0.495 e. The second kappa shape index (κ2) is 9.44. The monoisotopic (exact) mass is 437 g/mol. The minimum absolute atomic E-state index is 0.0590. The maximum atomic E-state index is 12.8. The van der Waals surface area contributed by atoms with E-state index in [9.17, 15) is 23.3 Å². The van der Waals surface area contributed by atoms with Gasteiger partial charge in [-0.25, -0.2) is 8.42 Å². The summed E-state index contributed by atoms with van der Waals surface area (Å²) >= 11 is 0. The van der Waals surface area contributed by atoms with Gasteiger partial charge in [0, 0.05) is 12.1 Å². The summed E-state index contributed by atoms with van der Waals surface area (Å²) in [5.74, 6) is 0.0781. The van der Waals surface area contributed by atoms with E-state index >= 15 is 0 Å². The third kappa shape index (κ3) is 5.38. The maximum Gasteiger partial charge on any atom is 0.271 e. The Labute approximate surface area is 174 Å². The molecule has 1 atom stereocenters. The SMILES string of the molecule is CCOc1ccc(N(C(C)C(=O)Nc2cc([N+](=O)[O-])ccc2OC)S(C)(=O)=O)cc1. The molecule has 0 bridgehead atoms. The highest BCUT2D eigenvalue weighted by atomic mass is 32.2. The van der Waals surface area contributed by atoms with Crippen LogP contribution in [0.3, 0.4) is 0 Å². The molecule has 1 N–H and O–H groups in total. The molecule has 0 aliphatic heterocycles. The lowest BCUT2D eigenvalue weighted by atomic mass is 10.2. The normalized spacial score (nSPS) is 12.0.